The van der Waals surface area contributed by atoms with E-state index in [1.165, 1.54) is 4.90 Å². The molecule has 9 nitrogen and oxygen atoms in total. The molecule has 0 heterocycles. The first-order chi connectivity index (χ1) is 21.3. The SMILES string of the molecule is Cc1cc(C)cc(C(C(=O)NC(Cc2ccccc2)C(=O)OC(C)(C)C)N(C(=O)CNC(=O)OC(C)(C)C)C(C)CCC(C)C)c1. The smallest absolute Gasteiger partial charge is 0.408 e. The Kier molecular flexibility index (Phi) is 13.8. The van der Waals surface area contributed by atoms with Crippen LogP contribution >= 0.6 is 0 Å². The summed E-state index contributed by atoms with van der Waals surface area (Å²) >= 11 is 0. The monoisotopic (exact) mass is 637 g/mol. The molecule has 46 heavy (non-hydrogen) atoms. The van der Waals surface area contributed by atoms with Crippen LogP contribution in [0.2, 0.25) is 0 Å². The zero-order valence-corrected chi connectivity index (χ0v) is 29.7. The first-order valence-corrected chi connectivity index (χ1v) is 16.2. The number of rotatable bonds is 13. The Morgan fingerprint density at radius 3 is 1.89 bits per heavy atom. The second kappa shape index (κ2) is 16.6. The van der Waals surface area contributed by atoms with Gasteiger partial charge in [-0.05, 0) is 92.2 Å². The fraction of sp³-hybridized carbons (Fsp3) is 0.568. The number of nitrogens with one attached hydrogen (secondary N) is 2. The van der Waals surface area contributed by atoms with Crippen molar-refractivity contribution >= 4 is 23.9 Å². The van der Waals surface area contributed by atoms with Gasteiger partial charge in [-0.25, -0.2) is 9.59 Å². The number of hydrogen-bond acceptors (Lipinski definition) is 6. The van der Waals surface area contributed by atoms with E-state index in [1.54, 1.807) is 41.5 Å². The molecule has 0 spiro atoms. The van der Waals surface area contributed by atoms with E-state index in [2.05, 4.69) is 24.5 Å². The Morgan fingerprint density at radius 2 is 1.37 bits per heavy atom. The van der Waals surface area contributed by atoms with Crippen molar-refractivity contribution in [2.24, 2.45) is 5.92 Å². The first-order valence-electron chi connectivity index (χ1n) is 16.2. The lowest BCUT2D eigenvalue weighted by Crippen LogP contribution is -2.54. The standard InChI is InChI=1S/C37H55N3O6/c1-24(2)17-18-27(5)40(31(41)23-38-35(44)46-37(9,10)11)32(29-20-25(3)19-26(4)21-29)33(42)39-30(34(43)45-36(6,7)8)22-28-15-13-12-14-16-28/h12-16,19-21,24,27,30,32H,17-18,22-23H2,1-11H3,(H,38,44)(H,39,42). The quantitative estimate of drug-likeness (QED) is 0.240. The fourth-order valence-electron chi connectivity index (χ4n) is 5.18. The zero-order valence-electron chi connectivity index (χ0n) is 29.7. The summed E-state index contributed by atoms with van der Waals surface area (Å²) in [6, 6.07) is 12.7. The van der Waals surface area contributed by atoms with Gasteiger partial charge >= 0.3 is 12.1 Å². The van der Waals surface area contributed by atoms with Crippen LogP contribution in [-0.2, 0) is 30.3 Å². The van der Waals surface area contributed by atoms with E-state index >= 15 is 0 Å². The average Bonchev–Trinajstić information content (AvgIpc) is 2.91. The number of esters is 1. The molecule has 0 saturated carbocycles. The Hall–Kier alpha value is -3.88. The summed E-state index contributed by atoms with van der Waals surface area (Å²) in [5.74, 6) is -1.16. The summed E-state index contributed by atoms with van der Waals surface area (Å²) in [6.07, 6.45) is 0.929. The van der Waals surface area contributed by atoms with E-state index < -0.39 is 47.2 Å². The van der Waals surface area contributed by atoms with E-state index in [-0.39, 0.29) is 19.0 Å². The Balaban J connectivity index is 2.60. The van der Waals surface area contributed by atoms with E-state index in [1.807, 2.05) is 69.3 Å². The van der Waals surface area contributed by atoms with Gasteiger partial charge in [0.15, 0.2) is 0 Å². The van der Waals surface area contributed by atoms with Gasteiger partial charge in [-0.3, -0.25) is 9.59 Å². The molecular weight excluding hydrogens is 582 g/mol. The summed E-state index contributed by atoms with van der Waals surface area (Å²) in [5, 5.41) is 5.52. The molecule has 3 atom stereocenters. The molecule has 9 heteroatoms. The van der Waals surface area contributed by atoms with Gasteiger partial charge in [0.25, 0.3) is 0 Å². The highest BCUT2D eigenvalue weighted by atomic mass is 16.6. The zero-order chi connectivity index (χ0) is 34.8. The second-order valence-electron chi connectivity index (χ2n) is 14.6. The molecule has 3 unspecified atom stereocenters. The van der Waals surface area contributed by atoms with Gasteiger partial charge in [0.2, 0.25) is 11.8 Å². The molecule has 2 N–H and O–H groups in total. The lowest BCUT2D eigenvalue weighted by Gasteiger charge is -2.37. The third-order valence-corrected chi connectivity index (χ3v) is 7.08. The molecule has 3 amide bonds. The molecule has 2 rings (SSSR count). The van der Waals surface area contributed by atoms with Gasteiger partial charge in [0.05, 0.1) is 0 Å². The molecule has 0 saturated heterocycles. The molecule has 0 aliphatic rings. The van der Waals surface area contributed by atoms with Crippen LogP contribution in [0.1, 0.15) is 103 Å². The number of carbonyl (C=O) groups is 4. The van der Waals surface area contributed by atoms with Crippen LogP contribution in [0.15, 0.2) is 48.5 Å². The van der Waals surface area contributed by atoms with Crippen molar-refractivity contribution in [3.8, 4) is 0 Å². The molecule has 254 valence electrons. The van der Waals surface area contributed by atoms with E-state index in [0.717, 1.165) is 23.1 Å². The summed E-state index contributed by atoms with van der Waals surface area (Å²) < 4.78 is 11.1. The van der Waals surface area contributed by atoms with E-state index in [0.29, 0.717) is 17.9 Å². The molecular formula is C37H55N3O6. The molecule has 0 fully saturated rings. The van der Waals surface area contributed by atoms with Crippen LogP contribution in [0.4, 0.5) is 4.79 Å². The number of amides is 3. The number of hydrogen-bond donors (Lipinski definition) is 2. The van der Waals surface area contributed by atoms with Crippen molar-refractivity contribution in [2.45, 2.75) is 125 Å². The molecule has 0 aliphatic heterocycles. The third-order valence-electron chi connectivity index (χ3n) is 7.08. The highest BCUT2D eigenvalue weighted by Crippen LogP contribution is 2.29. The maximum absolute atomic E-state index is 14.5. The van der Waals surface area contributed by atoms with Gasteiger partial charge in [-0.15, -0.1) is 0 Å². The third kappa shape index (κ3) is 13.2. The molecule has 0 bridgehead atoms. The average molecular weight is 638 g/mol. The Morgan fingerprint density at radius 1 is 0.804 bits per heavy atom. The summed E-state index contributed by atoms with van der Waals surface area (Å²) in [7, 11) is 0. The first kappa shape index (κ1) is 38.3. The molecule has 0 aliphatic carbocycles. The van der Waals surface area contributed by atoms with Crippen molar-refractivity contribution < 1.29 is 28.7 Å². The Labute approximate surface area is 275 Å². The fourth-order valence-corrected chi connectivity index (χ4v) is 5.18. The number of nitrogens with zero attached hydrogens (tertiary/aromatic N) is 1. The summed E-state index contributed by atoms with van der Waals surface area (Å²) in [5.41, 5.74) is 1.80. The number of aryl methyl sites for hydroxylation is 2. The maximum Gasteiger partial charge on any atom is 0.408 e. The number of ether oxygens (including phenoxy) is 2. The van der Waals surface area contributed by atoms with Crippen LogP contribution in [0.5, 0.6) is 0 Å². The topological polar surface area (TPSA) is 114 Å². The summed E-state index contributed by atoms with van der Waals surface area (Å²) in [6.45, 7) is 20.2. The van der Waals surface area contributed by atoms with E-state index in [4.69, 9.17) is 9.47 Å². The van der Waals surface area contributed by atoms with Crippen molar-refractivity contribution in [2.75, 3.05) is 6.54 Å². The molecule has 2 aromatic carbocycles. The van der Waals surface area contributed by atoms with Gasteiger partial charge in [-0.2, -0.15) is 0 Å². The number of alkyl carbamates (subject to hydrolysis) is 1. The van der Waals surface area contributed by atoms with Gasteiger partial charge in [-0.1, -0.05) is 73.5 Å². The van der Waals surface area contributed by atoms with E-state index in [9.17, 15) is 19.2 Å². The number of carbonyl (C=O) groups excluding carboxylic acids is 4. The Bertz CT molecular complexity index is 1310. The minimum absolute atomic E-state index is 0.206. The largest absolute Gasteiger partial charge is 0.458 e. The van der Waals surface area contributed by atoms with Gasteiger partial charge in [0, 0.05) is 12.5 Å². The van der Waals surface area contributed by atoms with Crippen LogP contribution in [-0.4, -0.2) is 58.6 Å². The minimum atomic E-state index is -1.09. The molecule has 0 aromatic heterocycles. The van der Waals surface area contributed by atoms with Crippen molar-refractivity contribution in [3.05, 3.63) is 70.8 Å². The van der Waals surface area contributed by atoms with Crippen molar-refractivity contribution in [1.29, 1.82) is 0 Å². The van der Waals surface area contributed by atoms with Crippen LogP contribution < -0.4 is 10.6 Å². The predicted octanol–water partition coefficient (Wildman–Crippen LogP) is 6.59. The normalized spacial score (nSPS) is 13.7. The second-order valence-corrected chi connectivity index (χ2v) is 14.6. The lowest BCUT2D eigenvalue weighted by atomic mass is 9.95. The number of benzene rings is 2. The predicted molar refractivity (Wildman–Crippen MR) is 181 cm³/mol. The van der Waals surface area contributed by atoms with Crippen LogP contribution in [0.3, 0.4) is 0 Å². The van der Waals surface area contributed by atoms with Gasteiger partial charge in [0.1, 0.15) is 29.8 Å². The highest BCUT2D eigenvalue weighted by molar-refractivity contribution is 5.93. The van der Waals surface area contributed by atoms with Crippen molar-refractivity contribution in [1.82, 2.24) is 15.5 Å². The van der Waals surface area contributed by atoms with Crippen molar-refractivity contribution in [3.63, 3.8) is 0 Å². The minimum Gasteiger partial charge on any atom is -0.458 e. The summed E-state index contributed by atoms with van der Waals surface area (Å²) in [4.78, 5) is 56.1. The molecule has 0 radical (unpaired) electrons. The lowest BCUT2D eigenvalue weighted by molar-refractivity contribution is -0.159. The van der Waals surface area contributed by atoms with Crippen LogP contribution in [0.25, 0.3) is 0 Å². The van der Waals surface area contributed by atoms with Crippen LogP contribution in [0, 0.1) is 19.8 Å². The highest BCUT2D eigenvalue weighted by Gasteiger charge is 2.38. The maximum atomic E-state index is 14.5. The molecule has 2 aromatic rings. The van der Waals surface area contributed by atoms with Gasteiger partial charge < -0.3 is 25.0 Å².